The molecule has 3 rings (SSSR count). The van der Waals surface area contributed by atoms with Crippen LogP contribution in [0.15, 0.2) is 0 Å². The van der Waals surface area contributed by atoms with Crippen molar-refractivity contribution >= 4 is 5.78 Å². The van der Waals surface area contributed by atoms with Crippen LogP contribution in [0.25, 0.3) is 0 Å². The maximum atomic E-state index is 11.6. The Balaban J connectivity index is 2.05. The predicted molar refractivity (Wildman–Crippen MR) is 40.8 cm³/mol. The standard InChI is InChI=1S/C9H13NO/c10-7-3-6-4-1-2-5(6)9(11)8(4)7/h4-8H,1-3,10H2/t4-,5-,6-,7-,8-/m1/s1. The molecular formula is C9H13NO. The fourth-order valence-corrected chi connectivity index (χ4v) is 3.68. The van der Waals surface area contributed by atoms with E-state index in [4.69, 9.17) is 5.73 Å². The molecule has 0 saturated heterocycles. The van der Waals surface area contributed by atoms with Gasteiger partial charge in [0.15, 0.2) is 0 Å². The smallest absolute Gasteiger partial charge is 0.141 e. The van der Waals surface area contributed by atoms with E-state index in [1.807, 2.05) is 0 Å². The van der Waals surface area contributed by atoms with Gasteiger partial charge in [-0.1, -0.05) is 0 Å². The van der Waals surface area contributed by atoms with Crippen LogP contribution in [-0.2, 0) is 4.79 Å². The highest BCUT2D eigenvalue weighted by Crippen LogP contribution is 2.58. The highest BCUT2D eigenvalue weighted by Gasteiger charge is 2.60. The van der Waals surface area contributed by atoms with Crippen LogP contribution >= 0.6 is 0 Å². The van der Waals surface area contributed by atoms with Crippen LogP contribution in [0.1, 0.15) is 19.3 Å². The Morgan fingerprint density at radius 3 is 2.64 bits per heavy atom. The van der Waals surface area contributed by atoms with E-state index in [-0.39, 0.29) is 12.0 Å². The summed E-state index contributed by atoms with van der Waals surface area (Å²) in [6.07, 6.45) is 3.57. The Kier molecular flexibility index (Phi) is 0.947. The van der Waals surface area contributed by atoms with Crippen LogP contribution in [0.5, 0.6) is 0 Å². The first-order chi connectivity index (χ1) is 5.29. The molecule has 0 aliphatic heterocycles. The second kappa shape index (κ2) is 1.69. The fourth-order valence-electron chi connectivity index (χ4n) is 3.68. The molecule has 2 N–H and O–H groups in total. The summed E-state index contributed by atoms with van der Waals surface area (Å²) in [5.41, 5.74) is 5.88. The molecule has 3 fully saturated rings. The number of hydrogen-bond donors (Lipinski definition) is 1. The van der Waals surface area contributed by atoms with Crippen molar-refractivity contribution in [1.29, 1.82) is 0 Å². The van der Waals surface area contributed by atoms with Crippen molar-refractivity contribution in [2.75, 3.05) is 0 Å². The van der Waals surface area contributed by atoms with Crippen molar-refractivity contribution in [2.24, 2.45) is 29.4 Å². The molecule has 0 radical (unpaired) electrons. The van der Waals surface area contributed by atoms with Gasteiger partial charge in [0.25, 0.3) is 0 Å². The minimum absolute atomic E-state index is 0.217. The summed E-state index contributed by atoms with van der Waals surface area (Å²) < 4.78 is 0. The summed E-state index contributed by atoms with van der Waals surface area (Å²) in [7, 11) is 0. The van der Waals surface area contributed by atoms with Crippen LogP contribution in [-0.4, -0.2) is 11.8 Å². The quantitative estimate of drug-likeness (QED) is 0.549. The average Bonchev–Trinajstić information content (AvgIpc) is 2.50. The monoisotopic (exact) mass is 151 g/mol. The predicted octanol–water partition coefficient (Wildman–Crippen LogP) is 0.559. The van der Waals surface area contributed by atoms with Gasteiger partial charge in [0, 0.05) is 17.9 Å². The molecule has 0 heterocycles. The Labute approximate surface area is 66.1 Å². The highest BCUT2D eigenvalue weighted by atomic mass is 16.1. The van der Waals surface area contributed by atoms with Crippen LogP contribution in [0.3, 0.4) is 0 Å². The number of carbonyl (C=O) groups excluding carboxylic acids is 1. The molecule has 2 heteroatoms. The lowest BCUT2D eigenvalue weighted by molar-refractivity contribution is -0.127. The van der Waals surface area contributed by atoms with Gasteiger partial charge in [-0.25, -0.2) is 0 Å². The first-order valence-electron chi connectivity index (χ1n) is 4.58. The molecule has 60 valence electrons. The molecule has 0 aromatic heterocycles. The van der Waals surface area contributed by atoms with Gasteiger partial charge in [-0.05, 0) is 31.1 Å². The molecular weight excluding hydrogens is 138 g/mol. The van der Waals surface area contributed by atoms with E-state index >= 15 is 0 Å². The molecule has 0 aromatic rings. The van der Waals surface area contributed by atoms with Crippen LogP contribution in [0.2, 0.25) is 0 Å². The van der Waals surface area contributed by atoms with Gasteiger partial charge >= 0.3 is 0 Å². The van der Waals surface area contributed by atoms with Gasteiger partial charge < -0.3 is 5.73 Å². The maximum absolute atomic E-state index is 11.6. The number of carbonyl (C=O) groups is 1. The van der Waals surface area contributed by atoms with Crippen molar-refractivity contribution < 1.29 is 4.79 Å². The zero-order chi connectivity index (χ0) is 7.59. The molecule has 0 unspecified atom stereocenters. The number of nitrogens with two attached hydrogens (primary N) is 1. The van der Waals surface area contributed by atoms with Gasteiger partial charge in [0.2, 0.25) is 0 Å². The van der Waals surface area contributed by atoms with E-state index in [2.05, 4.69) is 0 Å². The molecule has 0 aromatic carbocycles. The van der Waals surface area contributed by atoms with Crippen molar-refractivity contribution in [3.63, 3.8) is 0 Å². The Bertz CT molecular complexity index is 226. The van der Waals surface area contributed by atoms with Crippen molar-refractivity contribution in [1.82, 2.24) is 0 Å². The van der Waals surface area contributed by atoms with Gasteiger partial charge in [-0.3, -0.25) is 4.79 Å². The number of hydrogen-bond acceptors (Lipinski definition) is 2. The molecule has 11 heavy (non-hydrogen) atoms. The van der Waals surface area contributed by atoms with Crippen LogP contribution in [0, 0.1) is 23.7 Å². The summed E-state index contributed by atoms with van der Waals surface area (Å²) in [6.45, 7) is 0. The highest BCUT2D eigenvalue weighted by molar-refractivity contribution is 5.89. The Hall–Kier alpha value is -0.370. The van der Waals surface area contributed by atoms with Crippen LogP contribution in [0.4, 0.5) is 0 Å². The molecule has 0 spiro atoms. The fraction of sp³-hybridized carbons (Fsp3) is 0.889. The molecule has 5 atom stereocenters. The molecule has 4 bridgehead atoms. The normalized spacial score (nSPS) is 59.4. The third-order valence-corrected chi connectivity index (χ3v) is 4.04. The Morgan fingerprint density at radius 1 is 1.27 bits per heavy atom. The van der Waals surface area contributed by atoms with Gasteiger partial charge in [-0.15, -0.1) is 0 Å². The summed E-state index contributed by atoms with van der Waals surface area (Å²) in [5.74, 6) is 2.61. The number of Topliss-reactive ketones (excluding diaryl/α,β-unsaturated/α-hetero) is 1. The van der Waals surface area contributed by atoms with Gasteiger partial charge in [0.05, 0.1) is 0 Å². The van der Waals surface area contributed by atoms with Crippen LogP contribution < -0.4 is 5.73 Å². The Morgan fingerprint density at radius 2 is 2.09 bits per heavy atom. The van der Waals surface area contributed by atoms with E-state index in [1.54, 1.807) is 0 Å². The minimum Gasteiger partial charge on any atom is -0.327 e. The number of rotatable bonds is 0. The van der Waals surface area contributed by atoms with E-state index in [0.29, 0.717) is 23.5 Å². The first-order valence-corrected chi connectivity index (χ1v) is 4.58. The summed E-state index contributed by atoms with van der Waals surface area (Å²) in [4.78, 5) is 11.6. The molecule has 0 amide bonds. The maximum Gasteiger partial charge on any atom is 0.141 e. The third kappa shape index (κ3) is 0.527. The first kappa shape index (κ1) is 6.18. The van der Waals surface area contributed by atoms with Gasteiger partial charge in [0.1, 0.15) is 5.78 Å². The summed E-state index contributed by atoms with van der Waals surface area (Å²) in [5, 5.41) is 0. The summed E-state index contributed by atoms with van der Waals surface area (Å²) in [6, 6.07) is 0.217. The van der Waals surface area contributed by atoms with Crippen molar-refractivity contribution in [3.8, 4) is 0 Å². The SMILES string of the molecule is N[C@@H]1C[C@@H]2[C@H]3CC[C@H]2C(=O)[C@H]31. The third-order valence-electron chi connectivity index (χ3n) is 4.04. The lowest BCUT2D eigenvalue weighted by Crippen LogP contribution is -2.38. The average molecular weight is 151 g/mol. The van der Waals surface area contributed by atoms with E-state index in [0.717, 1.165) is 12.8 Å². The zero-order valence-electron chi connectivity index (χ0n) is 6.49. The lowest BCUT2D eigenvalue weighted by atomic mass is 9.82. The zero-order valence-corrected chi connectivity index (χ0v) is 6.49. The lowest BCUT2D eigenvalue weighted by Gasteiger charge is -2.24. The van der Waals surface area contributed by atoms with E-state index < -0.39 is 0 Å². The molecule has 2 nitrogen and oxygen atoms in total. The topological polar surface area (TPSA) is 43.1 Å². The largest absolute Gasteiger partial charge is 0.327 e. The van der Waals surface area contributed by atoms with Crippen molar-refractivity contribution in [2.45, 2.75) is 25.3 Å². The second-order valence-electron chi connectivity index (χ2n) is 4.34. The van der Waals surface area contributed by atoms with E-state index in [1.165, 1.54) is 6.42 Å². The molecule has 3 aliphatic rings. The number of ketones is 1. The van der Waals surface area contributed by atoms with E-state index in [9.17, 15) is 4.79 Å². The van der Waals surface area contributed by atoms with Crippen molar-refractivity contribution in [3.05, 3.63) is 0 Å². The molecule has 3 saturated carbocycles. The van der Waals surface area contributed by atoms with Gasteiger partial charge in [-0.2, -0.15) is 0 Å². The minimum atomic E-state index is 0.217. The second-order valence-corrected chi connectivity index (χ2v) is 4.34. The summed E-state index contributed by atoms with van der Waals surface area (Å²) >= 11 is 0. The molecule has 3 aliphatic carbocycles.